The Morgan fingerprint density at radius 2 is 1.77 bits per heavy atom. The Balaban J connectivity index is 1.51. The third kappa shape index (κ3) is 4.90. The van der Waals surface area contributed by atoms with E-state index in [2.05, 4.69) is 10.3 Å². The molecule has 0 atom stereocenters. The van der Waals surface area contributed by atoms with Crippen LogP contribution in [0, 0.1) is 12.8 Å². The van der Waals surface area contributed by atoms with Gasteiger partial charge in [-0.05, 0) is 31.9 Å². The second kappa shape index (κ2) is 8.86. The average molecular weight is 455 g/mol. The molecule has 0 spiro atoms. The molecule has 1 aromatic carbocycles. The molecule has 0 radical (unpaired) electrons. The van der Waals surface area contributed by atoms with Crippen LogP contribution in [0.5, 0.6) is 0 Å². The highest BCUT2D eigenvalue weighted by atomic mass is 32.2. The molecular formula is C19H26N4O5S2. The topological polar surface area (TPSA) is 118 Å². The quantitative estimate of drug-likeness (QED) is 0.659. The first-order valence-electron chi connectivity index (χ1n) is 9.67. The van der Waals surface area contributed by atoms with Gasteiger partial charge in [-0.25, -0.2) is 21.8 Å². The van der Waals surface area contributed by atoms with E-state index in [9.17, 15) is 21.6 Å². The van der Waals surface area contributed by atoms with Crippen molar-refractivity contribution in [2.45, 2.75) is 29.7 Å². The summed E-state index contributed by atoms with van der Waals surface area (Å²) >= 11 is 0. The van der Waals surface area contributed by atoms with E-state index in [1.165, 1.54) is 22.6 Å². The summed E-state index contributed by atoms with van der Waals surface area (Å²) in [7, 11) is -5.42. The molecule has 1 aliphatic heterocycles. The van der Waals surface area contributed by atoms with Crippen molar-refractivity contribution in [1.82, 2.24) is 19.2 Å². The van der Waals surface area contributed by atoms with Crippen molar-refractivity contribution in [3.63, 3.8) is 0 Å². The fourth-order valence-electron chi connectivity index (χ4n) is 3.34. The molecule has 2 aromatic rings. The van der Waals surface area contributed by atoms with E-state index < -0.39 is 19.9 Å². The van der Waals surface area contributed by atoms with Crippen LogP contribution in [0.25, 0.3) is 0 Å². The number of rotatable bonds is 7. The lowest BCUT2D eigenvalue weighted by Gasteiger charge is -2.29. The number of sulfone groups is 1. The van der Waals surface area contributed by atoms with E-state index in [1.807, 2.05) is 0 Å². The van der Waals surface area contributed by atoms with Gasteiger partial charge in [0.2, 0.25) is 5.91 Å². The summed E-state index contributed by atoms with van der Waals surface area (Å²) in [5.74, 6) is -0.173. The number of aromatic nitrogens is 2. The zero-order valence-electron chi connectivity index (χ0n) is 17.0. The van der Waals surface area contributed by atoms with Gasteiger partial charge in [-0.2, -0.15) is 4.31 Å². The molecule has 9 nitrogen and oxygen atoms in total. The normalized spacial score (nSPS) is 16.5. The standard InChI is InChI=1S/C19H26N4O5S2/c1-15-21-18(14-22(15)2)30(27,28)23-11-8-16(9-12-23)19(24)20-10-13-29(25,26)17-6-4-3-5-7-17/h3-7,14,16H,8-13H2,1-2H3,(H,20,24). The lowest BCUT2D eigenvalue weighted by atomic mass is 9.97. The summed E-state index contributed by atoms with van der Waals surface area (Å²) in [6, 6.07) is 8.09. The van der Waals surface area contributed by atoms with Crippen LogP contribution in [0.2, 0.25) is 0 Å². The molecule has 1 aromatic heterocycles. The summed E-state index contributed by atoms with van der Waals surface area (Å²) in [4.78, 5) is 16.7. The minimum absolute atomic E-state index is 0.0107. The fourth-order valence-corrected chi connectivity index (χ4v) is 6.01. The largest absolute Gasteiger partial charge is 0.355 e. The second-order valence-electron chi connectivity index (χ2n) is 7.34. The molecule has 1 aliphatic rings. The molecule has 164 valence electrons. The molecule has 2 heterocycles. The number of nitrogens with one attached hydrogen (secondary N) is 1. The predicted molar refractivity (Wildman–Crippen MR) is 111 cm³/mol. The zero-order chi connectivity index (χ0) is 21.9. The lowest BCUT2D eigenvalue weighted by molar-refractivity contribution is -0.125. The van der Waals surface area contributed by atoms with Gasteiger partial charge in [-0.1, -0.05) is 18.2 Å². The van der Waals surface area contributed by atoms with Gasteiger partial charge in [-0.15, -0.1) is 0 Å². The van der Waals surface area contributed by atoms with Crippen LogP contribution in [0.4, 0.5) is 0 Å². The Bertz CT molecular complexity index is 1080. The minimum atomic E-state index is -3.69. The Hall–Kier alpha value is -2.24. The van der Waals surface area contributed by atoms with Crippen molar-refractivity contribution in [2.75, 3.05) is 25.4 Å². The van der Waals surface area contributed by atoms with E-state index >= 15 is 0 Å². The number of aryl methyl sites for hydroxylation is 2. The number of nitrogens with zero attached hydrogens (tertiary/aromatic N) is 3. The van der Waals surface area contributed by atoms with E-state index in [0.717, 1.165) is 0 Å². The number of carbonyl (C=O) groups is 1. The predicted octanol–water partition coefficient (Wildman–Crippen LogP) is 0.719. The molecule has 3 rings (SSSR count). The zero-order valence-corrected chi connectivity index (χ0v) is 18.6. The molecular weight excluding hydrogens is 428 g/mol. The molecule has 30 heavy (non-hydrogen) atoms. The number of amides is 1. The lowest BCUT2D eigenvalue weighted by Crippen LogP contribution is -2.43. The summed E-state index contributed by atoms with van der Waals surface area (Å²) < 4.78 is 53.0. The van der Waals surface area contributed by atoms with E-state index in [1.54, 1.807) is 36.7 Å². The number of sulfonamides is 1. The molecule has 1 fully saturated rings. The Morgan fingerprint density at radius 3 is 2.33 bits per heavy atom. The number of hydrogen-bond acceptors (Lipinski definition) is 6. The van der Waals surface area contributed by atoms with Crippen LogP contribution in [-0.4, -0.2) is 62.0 Å². The summed E-state index contributed by atoms with van der Waals surface area (Å²) in [5.41, 5.74) is 0. The summed E-state index contributed by atoms with van der Waals surface area (Å²) in [6.07, 6.45) is 2.24. The van der Waals surface area contributed by atoms with E-state index in [0.29, 0.717) is 18.7 Å². The maximum atomic E-state index is 12.7. The van der Waals surface area contributed by atoms with Crippen molar-refractivity contribution in [2.24, 2.45) is 13.0 Å². The van der Waals surface area contributed by atoms with Gasteiger partial charge in [0.1, 0.15) is 5.82 Å². The molecule has 1 N–H and O–H groups in total. The molecule has 0 unspecified atom stereocenters. The summed E-state index contributed by atoms with van der Waals surface area (Å²) in [5, 5.41) is 2.68. The minimum Gasteiger partial charge on any atom is -0.355 e. The van der Waals surface area contributed by atoms with Gasteiger partial charge in [-0.3, -0.25) is 4.79 Å². The molecule has 1 amide bonds. The van der Waals surface area contributed by atoms with Crippen LogP contribution < -0.4 is 5.32 Å². The van der Waals surface area contributed by atoms with Crippen LogP contribution in [0.1, 0.15) is 18.7 Å². The van der Waals surface area contributed by atoms with Crippen LogP contribution in [0.3, 0.4) is 0 Å². The van der Waals surface area contributed by atoms with Crippen LogP contribution in [0.15, 0.2) is 46.5 Å². The number of benzene rings is 1. The third-order valence-electron chi connectivity index (χ3n) is 5.29. The highest BCUT2D eigenvalue weighted by molar-refractivity contribution is 7.91. The first-order chi connectivity index (χ1) is 14.1. The van der Waals surface area contributed by atoms with Gasteiger partial charge in [0, 0.05) is 38.8 Å². The average Bonchev–Trinajstić information content (AvgIpc) is 3.08. The highest BCUT2D eigenvalue weighted by Gasteiger charge is 2.33. The number of piperidine rings is 1. The second-order valence-corrected chi connectivity index (χ2v) is 11.3. The SMILES string of the molecule is Cc1nc(S(=O)(=O)N2CCC(C(=O)NCCS(=O)(=O)c3ccccc3)CC2)cn1C. The Morgan fingerprint density at radius 1 is 1.13 bits per heavy atom. The van der Waals surface area contributed by atoms with E-state index in [4.69, 9.17) is 0 Å². The van der Waals surface area contributed by atoms with Gasteiger partial charge < -0.3 is 9.88 Å². The maximum absolute atomic E-state index is 12.7. The van der Waals surface area contributed by atoms with Gasteiger partial charge in [0.15, 0.2) is 14.9 Å². The van der Waals surface area contributed by atoms with Crippen molar-refractivity contribution < 1.29 is 21.6 Å². The first kappa shape index (κ1) is 22.4. The molecule has 0 saturated carbocycles. The molecule has 0 aliphatic carbocycles. The molecule has 11 heteroatoms. The number of carbonyl (C=O) groups excluding carboxylic acids is 1. The Labute approximate surface area is 177 Å². The van der Waals surface area contributed by atoms with Crippen molar-refractivity contribution in [3.05, 3.63) is 42.4 Å². The summed E-state index contributed by atoms with van der Waals surface area (Å²) in [6.45, 7) is 2.19. The Kier molecular flexibility index (Phi) is 6.63. The smallest absolute Gasteiger partial charge is 0.262 e. The maximum Gasteiger partial charge on any atom is 0.262 e. The van der Waals surface area contributed by atoms with Crippen molar-refractivity contribution >= 4 is 25.8 Å². The fraction of sp³-hybridized carbons (Fsp3) is 0.474. The van der Waals surface area contributed by atoms with Gasteiger partial charge in [0.05, 0.1) is 10.6 Å². The molecule has 1 saturated heterocycles. The van der Waals surface area contributed by atoms with Crippen molar-refractivity contribution in [1.29, 1.82) is 0 Å². The van der Waals surface area contributed by atoms with Crippen molar-refractivity contribution in [3.8, 4) is 0 Å². The van der Waals surface area contributed by atoms with Gasteiger partial charge >= 0.3 is 0 Å². The number of imidazole rings is 1. The van der Waals surface area contributed by atoms with Crippen LogP contribution >= 0.6 is 0 Å². The number of hydrogen-bond donors (Lipinski definition) is 1. The monoisotopic (exact) mass is 454 g/mol. The van der Waals surface area contributed by atoms with Crippen LogP contribution in [-0.2, 0) is 31.7 Å². The highest BCUT2D eigenvalue weighted by Crippen LogP contribution is 2.23. The molecule has 0 bridgehead atoms. The third-order valence-corrected chi connectivity index (χ3v) is 8.79. The first-order valence-corrected chi connectivity index (χ1v) is 12.8. The van der Waals surface area contributed by atoms with E-state index in [-0.39, 0.29) is 47.1 Å². The van der Waals surface area contributed by atoms with Gasteiger partial charge in [0.25, 0.3) is 10.0 Å².